The first-order valence-electron chi connectivity index (χ1n) is 10.7. The Bertz CT molecular complexity index is 957. The second-order valence-corrected chi connectivity index (χ2v) is 12.0. The van der Waals surface area contributed by atoms with Crippen LogP contribution >= 0.6 is 0 Å². The number of amides is 1. The van der Waals surface area contributed by atoms with Crippen molar-refractivity contribution >= 4 is 26.0 Å². The van der Waals surface area contributed by atoms with E-state index in [4.69, 9.17) is 4.74 Å². The minimum absolute atomic E-state index is 0.0350. The highest BCUT2D eigenvalue weighted by Gasteiger charge is 2.31. The van der Waals surface area contributed by atoms with Gasteiger partial charge in [-0.05, 0) is 56.9 Å². The molecule has 2 fully saturated rings. The van der Waals surface area contributed by atoms with E-state index in [2.05, 4.69) is 5.32 Å². The van der Waals surface area contributed by atoms with E-state index < -0.39 is 20.0 Å². The van der Waals surface area contributed by atoms with Crippen LogP contribution in [0.2, 0.25) is 0 Å². The minimum Gasteiger partial charge on any atom is -0.492 e. The van der Waals surface area contributed by atoms with Gasteiger partial charge in [0.1, 0.15) is 12.4 Å². The van der Waals surface area contributed by atoms with Gasteiger partial charge in [0, 0.05) is 26.2 Å². The number of benzene rings is 1. The van der Waals surface area contributed by atoms with Gasteiger partial charge in [0.15, 0.2) is 0 Å². The molecule has 1 atom stereocenters. The van der Waals surface area contributed by atoms with Crippen LogP contribution in [-0.2, 0) is 24.8 Å². The monoisotopic (exact) mass is 473 g/mol. The highest BCUT2D eigenvalue weighted by Crippen LogP contribution is 2.23. The van der Waals surface area contributed by atoms with Gasteiger partial charge in [-0.15, -0.1) is 0 Å². The third-order valence-corrected chi connectivity index (χ3v) is 9.47. The molecule has 0 bridgehead atoms. The van der Waals surface area contributed by atoms with Crippen molar-refractivity contribution in [2.45, 2.75) is 37.5 Å². The van der Waals surface area contributed by atoms with Gasteiger partial charge in [-0.3, -0.25) is 4.79 Å². The molecule has 1 amide bonds. The number of carbonyl (C=O) groups is 1. The lowest BCUT2D eigenvalue weighted by Gasteiger charge is -2.30. The Morgan fingerprint density at radius 1 is 1.03 bits per heavy atom. The van der Waals surface area contributed by atoms with Crippen LogP contribution in [0.25, 0.3) is 0 Å². The van der Waals surface area contributed by atoms with Crippen molar-refractivity contribution in [2.75, 3.05) is 45.1 Å². The van der Waals surface area contributed by atoms with Crippen molar-refractivity contribution in [2.24, 2.45) is 5.92 Å². The molecular formula is C20H31N3O6S2. The summed E-state index contributed by atoms with van der Waals surface area (Å²) in [6, 6.07) is 6.29. The average molecular weight is 474 g/mol. The molecule has 0 aliphatic carbocycles. The second-order valence-electron chi connectivity index (χ2n) is 7.82. The zero-order chi connectivity index (χ0) is 22.5. The predicted octanol–water partition coefficient (Wildman–Crippen LogP) is 1.03. The molecule has 9 nitrogen and oxygen atoms in total. The Hall–Kier alpha value is -1.69. The fourth-order valence-corrected chi connectivity index (χ4v) is 6.56. The van der Waals surface area contributed by atoms with E-state index >= 15 is 0 Å². The summed E-state index contributed by atoms with van der Waals surface area (Å²) in [4.78, 5) is 12.6. The smallest absolute Gasteiger partial charge is 0.243 e. The number of nitrogens with one attached hydrogen (secondary N) is 1. The third-order valence-electron chi connectivity index (χ3n) is 5.71. The SMILES string of the molecule is CCS(=O)(=O)N1CCC[C@H](C(=O)NCCOc2ccc(S(=O)(=O)N3CCCC3)cc2)C1. The van der Waals surface area contributed by atoms with Crippen LogP contribution in [0, 0.1) is 5.92 Å². The molecule has 2 heterocycles. The first kappa shape index (κ1) is 24.0. The second kappa shape index (κ2) is 10.3. The molecule has 1 N–H and O–H groups in total. The van der Waals surface area contributed by atoms with Crippen LogP contribution in [0.5, 0.6) is 5.75 Å². The number of hydrogen-bond acceptors (Lipinski definition) is 6. The maximum atomic E-state index is 12.5. The van der Waals surface area contributed by atoms with Crippen molar-refractivity contribution in [1.82, 2.24) is 13.9 Å². The van der Waals surface area contributed by atoms with Crippen LogP contribution in [0.3, 0.4) is 0 Å². The molecule has 0 unspecified atom stereocenters. The molecule has 2 saturated heterocycles. The summed E-state index contributed by atoms with van der Waals surface area (Å²) in [5.74, 6) is 0.0251. The predicted molar refractivity (Wildman–Crippen MR) is 117 cm³/mol. The van der Waals surface area contributed by atoms with Crippen LogP contribution in [-0.4, -0.2) is 76.4 Å². The van der Waals surface area contributed by atoms with Crippen LogP contribution in [0.15, 0.2) is 29.2 Å². The Morgan fingerprint density at radius 2 is 1.68 bits per heavy atom. The number of ether oxygens (including phenoxy) is 1. The van der Waals surface area contributed by atoms with E-state index in [1.54, 1.807) is 19.1 Å². The van der Waals surface area contributed by atoms with Gasteiger partial charge >= 0.3 is 0 Å². The molecule has 0 radical (unpaired) electrons. The molecule has 0 spiro atoms. The summed E-state index contributed by atoms with van der Waals surface area (Å²) < 4.78 is 57.6. The first-order chi connectivity index (χ1) is 14.7. The average Bonchev–Trinajstić information content (AvgIpc) is 3.33. The molecule has 1 aromatic carbocycles. The van der Waals surface area contributed by atoms with Crippen molar-refractivity contribution in [3.63, 3.8) is 0 Å². The number of carbonyl (C=O) groups excluding carboxylic acids is 1. The maximum Gasteiger partial charge on any atom is 0.243 e. The number of hydrogen-bond donors (Lipinski definition) is 1. The van der Waals surface area contributed by atoms with Crippen LogP contribution < -0.4 is 10.1 Å². The molecule has 0 saturated carbocycles. The Balaban J connectivity index is 1.44. The highest BCUT2D eigenvalue weighted by atomic mass is 32.2. The molecule has 1 aromatic rings. The van der Waals surface area contributed by atoms with E-state index in [0.29, 0.717) is 38.2 Å². The molecule has 2 aliphatic heterocycles. The Kier molecular flexibility index (Phi) is 7.95. The lowest BCUT2D eigenvalue weighted by Crippen LogP contribution is -2.46. The molecule has 2 aliphatic rings. The van der Waals surface area contributed by atoms with Gasteiger partial charge in [-0.1, -0.05) is 0 Å². The minimum atomic E-state index is -3.45. The van der Waals surface area contributed by atoms with Gasteiger partial charge in [-0.25, -0.2) is 21.1 Å². The summed E-state index contributed by atoms with van der Waals surface area (Å²) in [6.45, 7) is 3.91. The lowest BCUT2D eigenvalue weighted by atomic mass is 9.99. The topological polar surface area (TPSA) is 113 Å². The summed E-state index contributed by atoms with van der Waals surface area (Å²) >= 11 is 0. The normalized spacial score (nSPS) is 21.1. The number of sulfonamides is 2. The van der Waals surface area contributed by atoms with Gasteiger partial charge in [0.05, 0.1) is 23.1 Å². The Morgan fingerprint density at radius 3 is 2.32 bits per heavy atom. The van der Waals surface area contributed by atoms with Crippen LogP contribution in [0.1, 0.15) is 32.6 Å². The zero-order valence-corrected chi connectivity index (χ0v) is 19.5. The van der Waals surface area contributed by atoms with Gasteiger partial charge in [-0.2, -0.15) is 4.31 Å². The highest BCUT2D eigenvalue weighted by molar-refractivity contribution is 7.89. The van der Waals surface area contributed by atoms with Crippen LogP contribution in [0.4, 0.5) is 0 Å². The molecule has 174 valence electrons. The van der Waals surface area contributed by atoms with E-state index in [9.17, 15) is 21.6 Å². The number of rotatable bonds is 9. The maximum absolute atomic E-state index is 12.5. The van der Waals surface area contributed by atoms with E-state index in [0.717, 1.165) is 12.8 Å². The van der Waals surface area contributed by atoms with Gasteiger partial charge < -0.3 is 10.1 Å². The number of nitrogens with zero attached hydrogens (tertiary/aromatic N) is 2. The molecular weight excluding hydrogens is 442 g/mol. The molecule has 0 aromatic heterocycles. The summed E-state index contributed by atoms with van der Waals surface area (Å²) in [6.07, 6.45) is 3.11. The molecule has 31 heavy (non-hydrogen) atoms. The standard InChI is InChI=1S/C20H31N3O6S2/c1-2-30(25,26)23-14-5-6-17(16-23)20(24)21-11-15-29-18-7-9-19(10-8-18)31(27,28)22-12-3-4-13-22/h7-10,17H,2-6,11-16H2,1H3,(H,21,24)/t17-/m0/s1. The summed E-state index contributed by atoms with van der Waals surface area (Å²) in [5, 5.41) is 2.80. The summed E-state index contributed by atoms with van der Waals surface area (Å²) in [7, 11) is -6.73. The van der Waals surface area contributed by atoms with Gasteiger partial charge in [0.2, 0.25) is 26.0 Å². The first-order valence-corrected chi connectivity index (χ1v) is 13.8. The Labute approximate surface area is 184 Å². The zero-order valence-electron chi connectivity index (χ0n) is 17.8. The molecule has 11 heteroatoms. The molecule has 3 rings (SSSR count). The van der Waals surface area contributed by atoms with Crippen molar-refractivity contribution in [3.8, 4) is 5.75 Å². The van der Waals surface area contributed by atoms with E-state index in [-0.39, 0.29) is 42.2 Å². The van der Waals surface area contributed by atoms with Crippen molar-refractivity contribution in [3.05, 3.63) is 24.3 Å². The fraction of sp³-hybridized carbons (Fsp3) is 0.650. The fourth-order valence-electron chi connectivity index (χ4n) is 3.86. The van der Waals surface area contributed by atoms with Crippen molar-refractivity contribution in [1.29, 1.82) is 0 Å². The lowest BCUT2D eigenvalue weighted by molar-refractivity contribution is -0.126. The quantitative estimate of drug-likeness (QED) is 0.536. The van der Waals surface area contributed by atoms with E-state index in [1.807, 2.05) is 0 Å². The largest absolute Gasteiger partial charge is 0.492 e. The third kappa shape index (κ3) is 5.97. The van der Waals surface area contributed by atoms with E-state index in [1.165, 1.54) is 20.7 Å². The van der Waals surface area contributed by atoms with Crippen molar-refractivity contribution < 1.29 is 26.4 Å². The summed E-state index contributed by atoms with van der Waals surface area (Å²) in [5.41, 5.74) is 0. The van der Waals surface area contributed by atoms with Gasteiger partial charge in [0.25, 0.3) is 0 Å². The number of piperidine rings is 1.